The molecule has 2 heterocycles. The van der Waals surface area contributed by atoms with Gasteiger partial charge in [0, 0.05) is 19.1 Å². The largest absolute Gasteiger partial charge is 0.378 e. The highest BCUT2D eigenvalue weighted by molar-refractivity contribution is 5.79. The number of amides is 1. The van der Waals surface area contributed by atoms with Crippen LogP contribution in [0, 0.1) is 5.92 Å². The lowest BCUT2D eigenvalue weighted by Crippen LogP contribution is -2.50. The van der Waals surface area contributed by atoms with Gasteiger partial charge in [-0.25, -0.2) is 0 Å². The predicted molar refractivity (Wildman–Crippen MR) is 66.8 cm³/mol. The lowest BCUT2D eigenvalue weighted by molar-refractivity contribution is -0.138. The number of rotatable bonds is 3. The van der Waals surface area contributed by atoms with E-state index in [1.165, 1.54) is 6.42 Å². The first-order chi connectivity index (χ1) is 8.22. The molecular weight excluding hydrogens is 216 g/mol. The zero-order chi connectivity index (χ0) is 12.3. The van der Waals surface area contributed by atoms with Crippen LogP contribution >= 0.6 is 0 Å². The molecule has 3 atom stereocenters. The Hall–Kier alpha value is -0.610. The highest BCUT2D eigenvalue weighted by Gasteiger charge is 2.34. The minimum atomic E-state index is 0.0897. The quantitative estimate of drug-likeness (QED) is 0.800. The fraction of sp³-hybridized carbons (Fsp3) is 0.923. The number of nitrogens with zero attached hydrogens (tertiary/aromatic N) is 1. The van der Waals surface area contributed by atoms with Gasteiger partial charge >= 0.3 is 0 Å². The number of ether oxygens (including phenoxy) is 1. The molecular formula is C13H24N2O2. The van der Waals surface area contributed by atoms with E-state index in [1.807, 2.05) is 6.92 Å². The smallest absolute Gasteiger partial charge is 0.228 e. The van der Waals surface area contributed by atoms with E-state index in [0.717, 1.165) is 32.5 Å². The van der Waals surface area contributed by atoms with Gasteiger partial charge in [0.05, 0.1) is 18.6 Å². The molecule has 2 fully saturated rings. The molecule has 4 nitrogen and oxygen atoms in total. The van der Waals surface area contributed by atoms with Crippen LogP contribution < -0.4 is 5.32 Å². The fourth-order valence-corrected chi connectivity index (χ4v) is 2.92. The number of hydrogen-bond donors (Lipinski definition) is 1. The zero-order valence-corrected chi connectivity index (χ0v) is 10.9. The summed E-state index contributed by atoms with van der Waals surface area (Å²) in [4.78, 5) is 14.5. The Kier molecular flexibility index (Phi) is 4.40. The van der Waals surface area contributed by atoms with Crippen molar-refractivity contribution in [1.82, 2.24) is 10.2 Å². The molecule has 0 aliphatic carbocycles. The third-order valence-corrected chi connectivity index (χ3v) is 3.88. The van der Waals surface area contributed by atoms with Gasteiger partial charge in [0.1, 0.15) is 0 Å². The number of nitrogens with one attached hydrogen (secondary N) is 1. The van der Waals surface area contributed by atoms with Gasteiger partial charge in [-0.2, -0.15) is 0 Å². The van der Waals surface area contributed by atoms with Gasteiger partial charge in [-0.15, -0.1) is 0 Å². The van der Waals surface area contributed by atoms with Crippen LogP contribution in [0.2, 0.25) is 0 Å². The Balaban J connectivity index is 1.94. The highest BCUT2D eigenvalue weighted by atomic mass is 16.5. The first-order valence-corrected chi connectivity index (χ1v) is 6.85. The van der Waals surface area contributed by atoms with Crippen molar-refractivity contribution in [3.8, 4) is 0 Å². The second-order valence-electron chi connectivity index (χ2n) is 5.20. The summed E-state index contributed by atoms with van der Waals surface area (Å²) >= 11 is 0. The van der Waals surface area contributed by atoms with Crippen LogP contribution in [0.15, 0.2) is 0 Å². The molecule has 2 rings (SSSR count). The second-order valence-corrected chi connectivity index (χ2v) is 5.20. The topological polar surface area (TPSA) is 41.6 Å². The van der Waals surface area contributed by atoms with Crippen molar-refractivity contribution in [1.29, 1.82) is 0 Å². The summed E-state index contributed by atoms with van der Waals surface area (Å²) in [5.74, 6) is 0.387. The van der Waals surface area contributed by atoms with Gasteiger partial charge in [-0.3, -0.25) is 4.79 Å². The normalized spacial score (nSPS) is 33.6. The van der Waals surface area contributed by atoms with Crippen molar-refractivity contribution in [2.75, 3.05) is 26.2 Å². The molecule has 2 aliphatic rings. The number of likely N-dealkylation sites (N-methyl/N-ethyl adjacent to an activating group) is 1. The third-order valence-electron chi connectivity index (χ3n) is 3.88. The predicted octanol–water partition coefficient (Wildman–Crippen LogP) is 1.01. The molecule has 0 radical (unpaired) electrons. The number of hydrogen-bond acceptors (Lipinski definition) is 3. The minimum absolute atomic E-state index is 0.0897. The average molecular weight is 240 g/mol. The van der Waals surface area contributed by atoms with Crippen molar-refractivity contribution in [2.24, 2.45) is 5.92 Å². The maximum absolute atomic E-state index is 12.4. The van der Waals surface area contributed by atoms with Crippen LogP contribution in [0.5, 0.6) is 0 Å². The van der Waals surface area contributed by atoms with Crippen molar-refractivity contribution in [2.45, 2.75) is 45.3 Å². The summed E-state index contributed by atoms with van der Waals surface area (Å²) in [6, 6.07) is 0.386. The molecule has 0 bridgehead atoms. The van der Waals surface area contributed by atoms with Crippen molar-refractivity contribution in [3.05, 3.63) is 0 Å². The molecule has 4 heteroatoms. The lowest BCUT2D eigenvalue weighted by Gasteiger charge is -2.35. The van der Waals surface area contributed by atoms with E-state index in [-0.39, 0.29) is 12.0 Å². The van der Waals surface area contributed by atoms with Gasteiger partial charge in [0.15, 0.2) is 0 Å². The van der Waals surface area contributed by atoms with Gasteiger partial charge in [-0.1, -0.05) is 0 Å². The van der Waals surface area contributed by atoms with Crippen molar-refractivity contribution >= 4 is 5.91 Å². The second kappa shape index (κ2) is 5.83. The summed E-state index contributed by atoms with van der Waals surface area (Å²) in [5, 5.41) is 3.38. The summed E-state index contributed by atoms with van der Waals surface area (Å²) < 4.78 is 5.51. The Labute approximate surface area is 104 Å². The molecule has 0 aromatic rings. The molecule has 3 unspecified atom stereocenters. The average Bonchev–Trinajstić information content (AvgIpc) is 2.78. The van der Waals surface area contributed by atoms with Crippen LogP contribution in [-0.2, 0) is 9.53 Å². The van der Waals surface area contributed by atoms with E-state index in [1.54, 1.807) is 0 Å². The zero-order valence-electron chi connectivity index (χ0n) is 10.9. The van der Waals surface area contributed by atoms with E-state index in [4.69, 9.17) is 4.74 Å². The van der Waals surface area contributed by atoms with E-state index in [2.05, 4.69) is 17.1 Å². The van der Waals surface area contributed by atoms with E-state index in [0.29, 0.717) is 18.6 Å². The van der Waals surface area contributed by atoms with Gasteiger partial charge in [0.2, 0.25) is 5.91 Å². The van der Waals surface area contributed by atoms with Crippen LogP contribution in [0.3, 0.4) is 0 Å². The van der Waals surface area contributed by atoms with Crippen molar-refractivity contribution in [3.63, 3.8) is 0 Å². The number of carbonyl (C=O) groups excluding carboxylic acids is 1. The minimum Gasteiger partial charge on any atom is -0.378 e. The summed E-state index contributed by atoms with van der Waals surface area (Å²) in [7, 11) is 0. The first-order valence-electron chi connectivity index (χ1n) is 6.85. The fourth-order valence-electron chi connectivity index (χ4n) is 2.92. The lowest BCUT2D eigenvalue weighted by atomic mass is 10.0. The van der Waals surface area contributed by atoms with Crippen LogP contribution in [0.1, 0.15) is 33.1 Å². The van der Waals surface area contributed by atoms with Crippen molar-refractivity contribution < 1.29 is 9.53 Å². The van der Waals surface area contributed by atoms with Gasteiger partial charge in [0.25, 0.3) is 0 Å². The summed E-state index contributed by atoms with van der Waals surface area (Å²) in [5.41, 5.74) is 0. The third kappa shape index (κ3) is 2.99. The van der Waals surface area contributed by atoms with E-state index >= 15 is 0 Å². The van der Waals surface area contributed by atoms with E-state index in [9.17, 15) is 4.79 Å². The molecule has 0 saturated carbocycles. The molecule has 1 N–H and O–H groups in total. The number of piperidine rings is 1. The molecule has 0 aromatic heterocycles. The molecule has 0 spiro atoms. The Morgan fingerprint density at radius 1 is 1.53 bits per heavy atom. The van der Waals surface area contributed by atoms with Gasteiger partial charge in [-0.05, 0) is 39.7 Å². The Morgan fingerprint density at radius 3 is 2.88 bits per heavy atom. The van der Waals surface area contributed by atoms with Crippen LogP contribution in [0.4, 0.5) is 0 Å². The Morgan fingerprint density at radius 2 is 2.35 bits per heavy atom. The van der Waals surface area contributed by atoms with Crippen LogP contribution in [0.25, 0.3) is 0 Å². The molecule has 2 saturated heterocycles. The standard InChI is InChI=1S/C13H24N2O2/c1-3-15(12-5-4-6-14-8-12)13(16)11-7-10(2)17-9-11/h10-12,14H,3-9H2,1-2H3. The molecule has 1 amide bonds. The SMILES string of the molecule is CCN(C(=O)C1COC(C)C1)C1CCCNC1. The van der Waals surface area contributed by atoms with Gasteiger partial charge < -0.3 is 15.0 Å². The first kappa shape index (κ1) is 12.8. The monoisotopic (exact) mass is 240 g/mol. The van der Waals surface area contributed by atoms with Crippen LogP contribution in [-0.4, -0.2) is 49.2 Å². The molecule has 0 aromatic carbocycles. The molecule has 98 valence electrons. The molecule has 17 heavy (non-hydrogen) atoms. The summed E-state index contributed by atoms with van der Waals surface area (Å²) in [6.45, 7) is 7.58. The maximum Gasteiger partial charge on any atom is 0.228 e. The maximum atomic E-state index is 12.4. The molecule has 2 aliphatic heterocycles. The van der Waals surface area contributed by atoms with E-state index < -0.39 is 0 Å². The number of carbonyl (C=O) groups is 1. The summed E-state index contributed by atoms with van der Waals surface area (Å²) in [6.07, 6.45) is 3.43. The highest BCUT2D eigenvalue weighted by Crippen LogP contribution is 2.23. The Bertz CT molecular complexity index is 264.